The van der Waals surface area contributed by atoms with Crippen molar-refractivity contribution in [1.82, 2.24) is 10.3 Å². The van der Waals surface area contributed by atoms with Crippen LogP contribution in [-0.4, -0.2) is 54.1 Å². The van der Waals surface area contributed by atoms with Crippen LogP contribution in [0.3, 0.4) is 0 Å². The van der Waals surface area contributed by atoms with E-state index in [4.69, 9.17) is 0 Å². The monoisotopic (exact) mass is 513 g/mol. The molecule has 36 heavy (non-hydrogen) atoms. The number of halogens is 3. The molecule has 2 N–H and O–H groups in total. The number of nitrogens with zero attached hydrogens (tertiary/aromatic N) is 3. The molecule has 1 fully saturated rings. The zero-order chi connectivity index (χ0) is 25.5. The van der Waals surface area contributed by atoms with Crippen LogP contribution in [0.5, 0.6) is 0 Å². The first-order valence-electron chi connectivity index (χ1n) is 11.4. The smallest absolute Gasteiger partial charge is 0.355 e. The first-order valence-corrected chi connectivity index (χ1v) is 13.1. The van der Waals surface area contributed by atoms with Crippen LogP contribution < -0.4 is 16.0 Å². The van der Waals surface area contributed by atoms with Gasteiger partial charge in [0.25, 0.3) is 0 Å². The molecule has 1 aromatic rings. The fraction of sp³-hybridized carbons (Fsp3) is 0.320. The van der Waals surface area contributed by atoms with E-state index in [1.807, 2.05) is 48.6 Å². The Morgan fingerprint density at radius 2 is 1.64 bits per heavy atom. The molecular formula is C25H22F3N5O2S. The quantitative estimate of drug-likeness (QED) is 0.642. The minimum absolute atomic E-state index is 0.246. The zero-order valence-corrected chi connectivity index (χ0v) is 19.7. The zero-order valence-electron chi connectivity index (χ0n) is 18.9. The summed E-state index contributed by atoms with van der Waals surface area (Å²) >= 11 is 0. The molecule has 7 nitrogen and oxygen atoms in total. The van der Waals surface area contributed by atoms with Crippen LogP contribution in [0.1, 0.15) is 12.8 Å². The van der Waals surface area contributed by atoms with Crippen LogP contribution in [0.2, 0.25) is 0 Å². The lowest BCUT2D eigenvalue weighted by molar-refractivity contribution is -0.129. The first-order chi connectivity index (χ1) is 17.1. The Balaban J connectivity index is 1.54. The predicted octanol–water partition coefficient (Wildman–Crippen LogP) is 1.98. The van der Waals surface area contributed by atoms with Gasteiger partial charge in [-0.05, 0) is 67.2 Å². The number of allylic oxidation sites excluding steroid dienone is 4. The Kier molecular flexibility index (Phi) is 6.18. The number of alkyl halides is 3. The van der Waals surface area contributed by atoms with E-state index in [1.165, 1.54) is 0 Å². The van der Waals surface area contributed by atoms with Crippen LogP contribution in [0.4, 0.5) is 13.2 Å². The van der Waals surface area contributed by atoms with Crippen LogP contribution in [0.25, 0.3) is 12.2 Å². The number of nitriles is 1. The molecule has 5 heterocycles. The van der Waals surface area contributed by atoms with Crippen molar-refractivity contribution in [2.45, 2.75) is 36.4 Å². The van der Waals surface area contributed by atoms with E-state index in [0.29, 0.717) is 17.1 Å². The summed E-state index contributed by atoms with van der Waals surface area (Å²) in [6, 6.07) is 4.72. The molecule has 4 aliphatic heterocycles. The molecule has 4 atom stereocenters. The summed E-state index contributed by atoms with van der Waals surface area (Å²) in [5.41, 5.74) is 2.67. The number of hydrogen-bond acceptors (Lipinski definition) is 6. The van der Waals surface area contributed by atoms with Crippen molar-refractivity contribution < 1.29 is 21.6 Å². The van der Waals surface area contributed by atoms with Gasteiger partial charge < -0.3 is 10.3 Å². The van der Waals surface area contributed by atoms with Gasteiger partial charge in [-0.3, -0.25) is 0 Å². The fourth-order valence-corrected chi connectivity index (χ4v) is 6.49. The van der Waals surface area contributed by atoms with Crippen molar-refractivity contribution in [1.29, 1.82) is 5.26 Å². The molecule has 8 bridgehead atoms. The first kappa shape index (κ1) is 24.2. The summed E-state index contributed by atoms with van der Waals surface area (Å²) in [6.45, 7) is 0. The van der Waals surface area contributed by atoms with Gasteiger partial charge in [0.15, 0.2) is 15.1 Å². The Labute approximate surface area is 205 Å². The van der Waals surface area contributed by atoms with Gasteiger partial charge in [-0.25, -0.2) is 18.4 Å². The van der Waals surface area contributed by atoms with Crippen molar-refractivity contribution in [2.75, 3.05) is 5.75 Å². The summed E-state index contributed by atoms with van der Waals surface area (Å²) in [5, 5.41) is 13.2. The number of hydrogen-bond donors (Lipinski definition) is 2. The third-order valence-corrected chi connectivity index (χ3v) is 8.40. The highest BCUT2D eigenvalue weighted by Crippen LogP contribution is 2.33. The maximum atomic E-state index is 12.8. The molecule has 4 unspecified atom stereocenters. The maximum Gasteiger partial charge on any atom is 0.390 e. The number of aliphatic imine (C=N–C) groups is 2. The minimum atomic E-state index is -4.63. The van der Waals surface area contributed by atoms with Gasteiger partial charge in [-0.15, -0.1) is 0 Å². The highest BCUT2D eigenvalue weighted by atomic mass is 32.2. The highest BCUT2D eigenvalue weighted by molar-refractivity contribution is 7.92. The van der Waals surface area contributed by atoms with Crippen LogP contribution in [-0.2, 0) is 9.84 Å². The second-order valence-electron chi connectivity index (χ2n) is 9.06. The van der Waals surface area contributed by atoms with E-state index in [1.54, 1.807) is 18.2 Å². The number of H-pyrrole nitrogens is 1. The summed E-state index contributed by atoms with van der Waals surface area (Å²) < 4.78 is 63.9. The van der Waals surface area contributed by atoms with Crippen molar-refractivity contribution in [2.24, 2.45) is 15.9 Å². The van der Waals surface area contributed by atoms with E-state index in [2.05, 4.69) is 20.3 Å². The third-order valence-electron chi connectivity index (χ3n) is 6.39. The van der Waals surface area contributed by atoms with Crippen molar-refractivity contribution in [3.8, 4) is 6.07 Å². The number of sulfone groups is 1. The Morgan fingerprint density at radius 3 is 2.22 bits per heavy atom. The molecule has 1 aromatic heterocycles. The van der Waals surface area contributed by atoms with E-state index in [9.17, 15) is 26.9 Å². The lowest BCUT2D eigenvalue weighted by atomic mass is 9.94. The van der Waals surface area contributed by atoms with Gasteiger partial charge in [0.05, 0.1) is 41.1 Å². The van der Waals surface area contributed by atoms with E-state index in [0.717, 1.165) is 16.4 Å². The van der Waals surface area contributed by atoms with Gasteiger partial charge in [0.1, 0.15) is 0 Å². The number of rotatable bonds is 4. The molecule has 0 saturated carbocycles. The molecule has 5 rings (SSSR count). The average molecular weight is 514 g/mol. The lowest BCUT2D eigenvalue weighted by Crippen LogP contribution is -2.38. The second kappa shape index (κ2) is 9.19. The number of nitrogens with one attached hydrogen (secondary N) is 2. The molecule has 0 spiro atoms. The molecule has 0 aliphatic carbocycles. The lowest BCUT2D eigenvalue weighted by Gasteiger charge is -2.22. The molecule has 0 radical (unpaired) electrons. The summed E-state index contributed by atoms with van der Waals surface area (Å²) in [4.78, 5) is 12.4. The van der Waals surface area contributed by atoms with Crippen LogP contribution in [0.15, 0.2) is 70.0 Å². The summed E-state index contributed by atoms with van der Waals surface area (Å²) in [6.07, 6.45) is 8.75. The van der Waals surface area contributed by atoms with Gasteiger partial charge in [-0.1, -0.05) is 0 Å². The fourth-order valence-electron chi connectivity index (χ4n) is 4.75. The normalized spacial score (nSPS) is 25.8. The molecule has 11 heteroatoms. The predicted molar refractivity (Wildman–Crippen MR) is 131 cm³/mol. The van der Waals surface area contributed by atoms with Gasteiger partial charge in [0, 0.05) is 28.7 Å². The van der Waals surface area contributed by atoms with Crippen LogP contribution in [0, 0.1) is 17.2 Å². The van der Waals surface area contributed by atoms with Gasteiger partial charge in [-0.2, -0.15) is 18.4 Å². The largest absolute Gasteiger partial charge is 0.390 e. The topological polar surface area (TPSA) is 110 Å². The van der Waals surface area contributed by atoms with Crippen molar-refractivity contribution in [3.05, 3.63) is 70.7 Å². The molecule has 4 aliphatic rings. The SMILES string of the molecule is N#CC(C1CC2C=C3C=CC(=N3)C=c3ccc([nH]3)=CC3=NC(=CC1N2)C=C3)S(=O)(=O)CCC(F)(F)F. The Bertz CT molecular complexity index is 1530. The van der Waals surface area contributed by atoms with Crippen molar-refractivity contribution in [3.63, 3.8) is 0 Å². The van der Waals surface area contributed by atoms with E-state index in [-0.39, 0.29) is 12.5 Å². The standard InChI is InChI=1S/C25H22F3N5O2S/c26-25(27,28)7-8-36(34,35)24(14-29)22-12-21-11-19-4-3-17(31-19)9-15-1-2-16(30-15)10-18-5-6-20(32-18)13-23(22)33-21/h1-6,9-11,13,21-24,30,33H,7-8,12H2. The number of aromatic nitrogens is 1. The summed E-state index contributed by atoms with van der Waals surface area (Å²) in [5.74, 6) is -1.89. The third kappa shape index (κ3) is 5.34. The number of fused-ring (bicyclic) bond motifs is 6. The maximum absolute atomic E-state index is 12.8. The van der Waals surface area contributed by atoms with E-state index >= 15 is 0 Å². The number of aromatic amines is 1. The molecule has 0 aromatic carbocycles. The molecule has 0 amide bonds. The van der Waals surface area contributed by atoms with E-state index < -0.39 is 45.4 Å². The van der Waals surface area contributed by atoms with Crippen LogP contribution >= 0.6 is 0 Å². The highest BCUT2D eigenvalue weighted by Gasteiger charge is 2.44. The van der Waals surface area contributed by atoms with Gasteiger partial charge in [0.2, 0.25) is 0 Å². The molecular weight excluding hydrogens is 491 g/mol. The summed E-state index contributed by atoms with van der Waals surface area (Å²) in [7, 11) is -4.34. The second-order valence-corrected chi connectivity index (χ2v) is 11.3. The van der Waals surface area contributed by atoms with Gasteiger partial charge >= 0.3 is 6.18 Å². The van der Waals surface area contributed by atoms with Crippen molar-refractivity contribution >= 4 is 33.4 Å². The molecule has 1 saturated heterocycles. The molecule has 186 valence electrons. The average Bonchev–Trinajstić information content (AvgIpc) is 3.58. The minimum Gasteiger partial charge on any atom is -0.355 e. The Morgan fingerprint density at radius 1 is 1.03 bits per heavy atom. The Hall–Kier alpha value is -3.49.